The molecule has 0 spiro atoms. The maximum Gasteiger partial charge on any atom is 0.336 e. The van der Waals surface area contributed by atoms with E-state index in [2.05, 4.69) is 4.98 Å². The molecule has 0 aliphatic heterocycles. The van der Waals surface area contributed by atoms with Gasteiger partial charge in [-0.25, -0.2) is 14.2 Å². The number of hydrogen-bond acceptors (Lipinski definition) is 3. The number of carbonyl (C=O) groups is 2. The maximum atomic E-state index is 14.3. The van der Waals surface area contributed by atoms with Crippen molar-refractivity contribution in [2.45, 2.75) is 47.0 Å². The summed E-state index contributed by atoms with van der Waals surface area (Å²) in [5.41, 5.74) is 1.88. The van der Waals surface area contributed by atoms with Gasteiger partial charge in [-0.05, 0) is 42.5 Å². The van der Waals surface area contributed by atoms with Crippen LogP contribution >= 0.6 is 0 Å². The van der Waals surface area contributed by atoms with Gasteiger partial charge in [-0.1, -0.05) is 20.8 Å². The fourth-order valence-corrected chi connectivity index (χ4v) is 2.25. The van der Waals surface area contributed by atoms with Crippen LogP contribution in [0.15, 0.2) is 12.1 Å². The van der Waals surface area contributed by atoms with Crippen LogP contribution in [0.1, 0.15) is 54.9 Å². The van der Waals surface area contributed by atoms with E-state index in [1.165, 1.54) is 6.07 Å². The number of hydrogen-bond donors (Lipinski definition) is 2. The lowest BCUT2D eigenvalue weighted by Crippen LogP contribution is -2.13. The average molecular weight is 335 g/mol. The van der Waals surface area contributed by atoms with E-state index >= 15 is 0 Å². The van der Waals surface area contributed by atoms with Crippen LogP contribution in [0, 0.1) is 19.7 Å². The summed E-state index contributed by atoms with van der Waals surface area (Å²) >= 11 is 0. The molecule has 2 aromatic rings. The second-order valence-corrected chi connectivity index (χ2v) is 6.63. The molecule has 24 heavy (non-hydrogen) atoms. The molecule has 1 aromatic carbocycles. The van der Waals surface area contributed by atoms with E-state index in [0.717, 1.165) is 12.5 Å². The number of carboxylic acids is 2. The lowest BCUT2D eigenvalue weighted by Gasteiger charge is -2.20. The Bertz CT molecular complexity index is 803. The highest BCUT2D eigenvalue weighted by Gasteiger charge is 2.22. The molecule has 0 unspecified atom stereocenters. The van der Waals surface area contributed by atoms with E-state index < -0.39 is 17.8 Å². The minimum Gasteiger partial charge on any atom is -0.481 e. The summed E-state index contributed by atoms with van der Waals surface area (Å²) in [7, 11) is 0. The van der Waals surface area contributed by atoms with Crippen LogP contribution in [0.5, 0.6) is 0 Å². The van der Waals surface area contributed by atoms with Crippen molar-refractivity contribution in [3.05, 3.63) is 40.3 Å². The number of aryl methyl sites for hydroxylation is 1. The van der Waals surface area contributed by atoms with E-state index in [-0.39, 0.29) is 16.5 Å². The number of halogens is 1. The smallest absolute Gasteiger partial charge is 0.336 e. The van der Waals surface area contributed by atoms with E-state index in [1.807, 2.05) is 20.8 Å². The Kier molecular flexibility index (Phi) is 5.66. The minimum atomic E-state index is -1.05. The van der Waals surface area contributed by atoms with Crippen molar-refractivity contribution in [2.75, 3.05) is 0 Å². The number of fused-ring (bicyclic) bond motifs is 1. The van der Waals surface area contributed by atoms with Crippen molar-refractivity contribution in [2.24, 2.45) is 0 Å². The van der Waals surface area contributed by atoms with Gasteiger partial charge in [-0.15, -0.1) is 0 Å². The SMILES string of the molecule is CC(=O)O.Cc1nc2c(F)cc(C(C)(C)C)cc2c(C(=O)O)c1C. The molecule has 0 aliphatic rings. The van der Waals surface area contributed by atoms with Crippen molar-refractivity contribution in [1.82, 2.24) is 4.98 Å². The molecule has 0 amide bonds. The van der Waals surface area contributed by atoms with Gasteiger partial charge in [0.05, 0.1) is 5.56 Å². The number of benzene rings is 1. The molecule has 2 rings (SSSR count). The van der Waals surface area contributed by atoms with Crippen molar-refractivity contribution >= 4 is 22.8 Å². The average Bonchev–Trinajstić information content (AvgIpc) is 2.38. The monoisotopic (exact) mass is 335 g/mol. The normalized spacial score (nSPS) is 11.0. The first kappa shape index (κ1) is 19.5. The van der Waals surface area contributed by atoms with Gasteiger partial charge >= 0.3 is 5.97 Å². The summed E-state index contributed by atoms with van der Waals surface area (Å²) in [4.78, 5) is 24.7. The molecule has 0 aliphatic carbocycles. The zero-order valence-electron chi connectivity index (χ0n) is 14.7. The van der Waals surface area contributed by atoms with Gasteiger partial charge in [0.25, 0.3) is 5.97 Å². The van der Waals surface area contributed by atoms with Crippen molar-refractivity contribution in [3.63, 3.8) is 0 Å². The molecular weight excluding hydrogens is 313 g/mol. The van der Waals surface area contributed by atoms with E-state index in [0.29, 0.717) is 16.6 Å². The Hall–Kier alpha value is -2.50. The summed E-state index contributed by atoms with van der Waals surface area (Å²) in [5, 5.41) is 17.2. The third-order valence-corrected chi connectivity index (χ3v) is 3.61. The number of pyridine rings is 1. The van der Waals surface area contributed by atoms with Gasteiger partial charge in [-0.3, -0.25) is 4.79 Å². The maximum absolute atomic E-state index is 14.3. The molecule has 0 saturated heterocycles. The predicted octanol–water partition coefficient (Wildman–Crippen LogP) is 4.08. The lowest BCUT2D eigenvalue weighted by atomic mass is 9.85. The Morgan fingerprint density at radius 2 is 1.62 bits per heavy atom. The summed E-state index contributed by atoms with van der Waals surface area (Å²) in [6.07, 6.45) is 0. The minimum absolute atomic E-state index is 0.124. The predicted molar refractivity (Wildman–Crippen MR) is 90.1 cm³/mol. The van der Waals surface area contributed by atoms with Crippen LogP contribution in [0.2, 0.25) is 0 Å². The molecule has 5 nitrogen and oxygen atoms in total. The van der Waals surface area contributed by atoms with Gasteiger partial charge in [0, 0.05) is 18.0 Å². The summed E-state index contributed by atoms with van der Waals surface area (Å²) in [5.74, 6) is -2.36. The lowest BCUT2D eigenvalue weighted by molar-refractivity contribution is -0.134. The fraction of sp³-hybridized carbons (Fsp3) is 0.389. The van der Waals surface area contributed by atoms with Crippen molar-refractivity contribution in [1.29, 1.82) is 0 Å². The highest BCUT2D eigenvalue weighted by atomic mass is 19.1. The second-order valence-electron chi connectivity index (χ2n) is 6.63. The Morgan fingerprint density at radius 1 is 1.12 bits per heavy atom. The zero-order valence-corrected chi connectivity index (χ0v) is 14.7. The number of aliphatic carboxylic acids is 1. The number of nitrogens with zero attached hydrogens (tertiary/aromatic N) is 1. The Balaban J connectivity index is 0.000000648. The summed E-state index contributed by atoms with van der Waals surface area (Å²) in [6, 6.07) is 3.18. The van der Waals surface area contributed by atoms with Crippen LogP contribution in [-0.4, -0.2) is 27.1 Å². The molecule has 1 aromatic heterocycles. The molecule has 130 valence electrons. The van der Waals surface area contributed by atoms with Gasteiger partial charge in [0.1, 0.15) is 11.3 Å². The van der Waals surface area contributed by atoms with Crippen LogP contribution in [0.25, 0.3) is 10.9 Å². The van der Waals surface area contributed by atoms with E-state index in [9.17, 15) is 14.3 Å². The van der Waals surface area contributed by atoms with Crippen molar-refractivity contribution in [3.8, 4) is 0 Å². The van der Waals surface area contributed by atoms with E-state index in [1.54, 1.807) is 19.9 Å². The standard InChI is InChI=1S/C16H18FNO2.C2H4O2/c1-8-9(2)18-14-11(13(8)15(19)20)6-10(7-12(14)17)16(3,4)5;1-2(3)4/h6-7H,1-5H3,(H,19,20);1H3,(H,3,4). The molecule has 0 saturated carbocycles. The summed E-state index contributed by atoms with van der Waals surface area (Å²) < 4.78 is 14.3. The number of carboxylic acid groups (broad SMARTS) is 2. The van der Waals surface area contributed by atoms with Gasteiger partial charge < -0.3 is 10.2 Å². The fourth-order valence-electron chi connectivity index (χ4n) is 2.25. The van der Waals surface area contributed by atoms with Crippen LogP contribution < -0.4 is 0 Å². The second kappa shape index (κ2) is 6.95. The highest BCUT2D eigenvalue weighted by molar-refractivity contribution is 6.04. The number of aromatic carboxylic acids is 1. The molecule has 0 bridgehead atoms. The van der Waals surface area contributed by atoms with Crippen molar-refractivity contribution < 1.29 is 24.2 Å². The molecule has 0 fully saturated rings. The molecule has 2 N–H and O–H groups in total. The first-order valence-electron chi connectivity index (χ1n) is 7.40. The highest BCUT2D eigenvalue weighted by Crippen LogP contribution is 2.31. The Morgan fingerprint density at radius 3 is 2.04 bits per heavy atom. The van der Waals surface area contributed by atoms with Crippen LogP contribution in [-0.2, 0) is 10.2 Å². The molecule has 0 radical (unpaired) electrons. The molecular formula is C18H22FNO4. The third kappa shape index (κ3) is 4.28. The largest absolute Gasteiger partial charge is 0.481 e. The van der Waals surface area contributed by atoms with Gasteiger partial charge in [0.2, 0.25) is 0 Å². The first-order valence-corrected chi connectivity index (χ1v) is 7.40. The molecule has 6 heteroatoms. The Labute approximate surface area is 140 Å². The van der Waals surface area contributed by atoms with Gasteiger partial charge in [0.15, 0.2) is 0 Å². The topological polar surface area (TPSA) is 87.5 Å². The first-order chi connectivity index (χ1) is 10.9. The van der Waals surface area contributed by atoms with Crippen LogP contribution in [0.3, 0.4) is 0 Å². The quantitative estimate of drug-likeness (QED) is 0.820. The molecule has 0 atom stereocenters. The zero-order chi connectivity index (χ0) is 18.8. The van der Waals surface area contributed by atoms with Crippen LogP contribution in [0.4, 0.5) is 4.39 Å². The molecule has 1 heterocycles. The number of rotatable bonds is 1. The van der Waals surface area contributed by atoms with Gasteiger partial charge in [-0.2, -0.15) is 0 Å². The number of aromatic nitrogens is 1. The van der Waals surface area contributed by atoms with E-state index in [4.69, 9.17) is 9.90 Å². The summed E-state index contributed by atoms with van der Waals surface area (Å²) in [6.45, 7) is 10.4. The third-order valence-electron chi connectivity index (χ3n) is 3.61.